The summed E-state index contributed by atoms with van der Waals surface area (Å²) in [7, 11) is 0. The quantitative estimate of drug-likeness (QED) is 0.791. The Morgan fingerprint density at radius 3 is 2.60 bits per heavy atom. The van der Waals surface area contributed by atoms with Crippen molar-refractivity contribution in [2.75, 3.05) is 5.32 Å². The van der Waals surface area contributed by atoms with Gasteiger partial charge in [-0.15, -0.1) is 0 Å². The number of nitrogens with zero attached hydrogens (tertiary/aromatic N) is 1. The number of hydrogen-bond acceptors (Lipinski definition) is 4. The maximum atomic E-state index is 13.3. The smallest absolute Gasteiger partial charge is 0.254 e. The SMILES string of the molecule is CC1=C(C(=O)Nc2ccc(F)cc2)[C@@H](c2cccnc2)C2=C(CC(C)(C)CC2=O)N1. The fourth-order valence-electron chi connectivity index (χ4n) is 4.35. The highest BCUT2D eigenvalue weighted by molar-refractivity contribution is 6.09. The third-order valence-corrected chi connectivity index (χ3v) is 5.60. The largest absolute Gasteiger partial charge is 0.362 e. The molecule has 30 heavy (non-hydrogen) atoms. The summed E-state index contributed by atoms with van der Waals surface area (Å²) in [5.74, 6) is -1.16. The lowest BCUT2D eigenvalue weighted by Gasteiger charge is -2.39. The number of carbonyl (C=O) groups is 2. The number of aromatic nitrogens is 1. The highest BCUT2D eigenvalue weighted by Crippen LogP contribution is 2.46. The summed E-state index contributed by atoms with van der Waals surface area (Å²) in [4.78, 5) is 30.7. The van der Waals surface area contributed by atoms with Crippen LogP contribution in [0.3, 0.4) is 0 Å². The van der Waals surface area contributed by atoms with E-state index in [0.29, 0.717) is 29.0 Å². The zero-order valence-electron chi connectivity index (χ0n) is 17.3. The zero-order valence-corrected chi connectivity index (χ0v) is 17.3. The average molecular weight is 405 g/mol. The summed E-state index contributed by atoms with van der Waals surface area (Å²) in [6.07, 6.45) is 4.53. The van der Waals surface area contributed by atoms with Crippen LogP contribution in [0.4, 0.5) is 10.1 Å². The fourth-order valence-corrected chi connectivity index (χ4v) is 4.35. The monoisotopic (exact) mass is 405 g/mol. The van der Waals surface area contributed by atoms with Crippen LogP contribution < -0.4 is 10.6 Å². The predicted octanol–water partition coefficient (Wildman–Crippen LogP) is 4.46. The van der Waals surface area contributed by atoms with Gasteiger partial charge in [0, 0.05) is 53.0 Å². The first-order chi connectivity index (χ1) is 14.2. The molecule has 0 saturated heterocycles. The molecule has 0 fully saturated rings. The number of nitrogens with one attached hydrogen (secondary N) is 2. The second-order valence-corrected chi connectivity index (χ2v) is 8.68. The van der Waals surface area contributed by atoms with E-state index in [2.05, 4.69) is 29.5 Å². The number of carbonyl (C=O) groups excluding carboxylic acids is 2. The molecule has 154 valence electrons. The lowest BCUT2D eigenvalue weighted by Crippen LogP contribution is -2.39. The predicted molar refractivity (Wildman–Crippen MR) is 113 cm³/mol. The highest BCUT2D eigenvalue weighted by atomic mass is 19.1. The summed E-state index contributed by atoms with van der Waals surface area (Å²) in [5, 5.41) is 6.16. The van der Waals surface area contributed by atoms with E-state index in [-0.39, 0.29) is 22.9 Å². The molecule has 6 heteroatoms. The Kier molecular flexibility index (Phi) is 5.02. The van der Waals surface area contributed by atoms with Crippen molar-refractivity contribution in [3.8, 4) is 0 Å². The molecule has 1 aliphatic carbocycles. The number of anilines is 1. The van der Waals surface area contributed by atoms with Crippen LogP contribution in [-0.4, -0.2) is 16.7 Å². The van der Waals surface area contributed by atoms with Crippen molar-refractivity contribution >= 4 is 17.4 Å². The number of amides is 1. The molecule has 0 unspecified atom stereocenters. The first-order valence-electron chi connectivity index (χ1n) is 9.96. The van der Waals surface area contributed by atoms with Crippen LogP contribution in [-0.2, 0) is 9.59 Å². The number of rotatable bonds is 3. The topological polar surface area (TPSA) is 71.1 Å². The lowest BCUT2D eigenvalue weighted by molar-refractivity contribution is -0.118. The lowest BCUT2D eigenvalue weighted by atomic mass is 9.68. The van der Waals surface area contributed by atoms with E-state index >= 15 is 0 Å². The summed E-state index contributed by atoms with van der Waals surface area (Å²) in [6.45, 7) is 6.00. The molecule has 1 aromatic heterocycles. The van der Waals surface area contributed by atoms with Gasteiger partial charge >= 0.3 is 0 Å². The number of pyridine rings is 1. The molecule has 1 amide bonds. The van der Waals surface area contributed by atoms with Gasteiger partial charge in [0.25, 0.3) is 5.91 Å². The molecular weight excluding hydrogens is 381 g/mol. The van der Waals surface area contributed by atoms with Crippen molar-refractivity contribution < 1.29 is 14.0 Å². The van der Waals surface area contributed by atoms with E-state index in [1.54, 1.807) is 18.5 Å². The maximum absolute atomic E-state index is 13.3. The first-order valence-corrected chi connectivity index (χ1v) is 9.96. The van der Waals surface area contributed by atoms with Crippen molar-refractivity contribution in [3.63, 3.8) is 0 Å². The molecule has 0 saturated carbocycles. The Balaban J connectivity index is 1.78. The average Bonchev–Trinajstić information content (AvgIpc) is 2.68. The van der Waals surface area contributed by atoms with Crippen molar-refractivity contribution in [1.29, 1.82) is 0 Å². The summed E-state index contributed by atoms with van der Waals surface area (Å²) in [6, 6.07) is 9.30. The van der Waals surface area contributed by atoms with Gasteiger partial charge in [-0.2, -0.15) is 0 Å². The van der Waals surface area contributed by atoms with E-state index in [4.69, 9.17) is 0 Å². The van der Waals surface area contributed by atoms with Crippen LogP contribution >= 0.6 is 0 Å². The molecule has 2 heterocycles. The Morgan fingerprint density at radius 2 is 1.93 bits per heavy atom. The van der Waals surface area contributed by atoms with Gasteiger partial charge in [-0.25, -0.2) is 4.39 Å². The fraction of sp³-hybridized carbons (Fsp3) is 0.292. The molecule has 0 radical (unpaired) electrons. The van der Waals surface area contributed by atoms with Crippen LogP contribution in [0.15, 0.2) is 71.3 Å². The number of halogens is 1. The van der Waals surface area contributed by atoms with Gasteiger partial charge in [-0.3, -0.25) is 14.6 Å². The van der Waals surface area contributed by atoms with Gasteiger partial charge in [0.05, 0.1) is 0 Å². The molecule has 2 N–H and O–H groups in total. The van der Waals surface area contributed by atoms with Crippen LogP contribution in [0.2, 0.25) is 0 Å². The second-order valence-electron chi connectivity index (χ2n) is 8.68. The van der Waals surface area contributed by atoms with Gasteiger partial charge in [-0.1, -0.05) is 19.9 Å². The standard InChI is InChI=1S/C24H24FN3O2/c1-14-20(23(30)28-17-8-6-16(25)7-9-17)21(15-5-4-10-26-13-15)22-18(27-14)11-24(2,3)12-19(22)29/h4-10,13,21,27H,11-12H2,1-3H3,(H,28,30)/t21-/m1/s1. The molecule has 1 aromatic carbocycles. The Bertz CT molecular complexity index is 1070. The van der Waals surface area contributed by atoms with Crippen LogP contribution in [0, 0.1) is 11.2 Å². The van der Waals surface area contributed by atoms with Crippen molar-refractivity contribution in [2.24, 2.45) is 5.41 Å². The molecule has 2 aliphatic rings. The third kappa shape index (κ3) is 3.77. The molecule has 4 rings (SSSR count). The van der Waals surface area contributed by atoms with E-state index in [9.17, 15) is 14.0 Å². The molecule has 1 aliphatic heterocycles. The van der Waals surface area contributed by atoms with Crippen LogP contribution in [0.5, 0.6) is 0 Å². The van der Waals surface area contributed by atoms with Gasteiger partial charge in [0.2, 0.25) is 0 Å². The molecule has 0 bridgehead atoms. The molecular formula is C24H24FN3O2. The first kappa shape index (κ1) is 20.0. The summed E-state index contributed by atoms with van der Waals surface area (Å²) >= 11 is 0. The number of hydrogen-bond donors (Lipinski definition) is 2. The van der Waals surface area contributed by atoms with E-state index < -0.39 is 5.92 Å². The second kappa shape index (κ2) is 7.52. The van der Waals surface area contributed by atoms with Gasteiger partial charge in [-0.05, 0) is 54.7 Å². The Hall–Kier alpha value is -3.28. The van der Waals surface area contributed by atoms with Crippen LogP contribution in [0.1, 0.15) is 45.1 Å². The van der Waals surface area contributed by atoms with Crippen molar-refractivity contribution in [1.82, 2.24) is 10.3 Å². The minimum atomic E-state index is -0.501. The highest BCUT2D eigenvalue weighted by Gasteiger charge is 2.42. The molecule has 2 aromatic rings. The minimum absolute atomic E-state index is 0.0437. The molecule has 0 spiro atoms. The minimum Gasteiger partial charge on any atom is -0.362 e. The maximum Gasteiger partial charge on any atom is 0.254 e. The Labute approximate surface area is 175 Å². The number of allylic oxidation sites excluding steroid dienone is 3. The van der Waals surface area contributed by atoms with Crippen molar-refractivity contribution in [2.45, 2.75) is 39.5 Å². The zero-order chi connectivity index (χ0) is 21.5. The van der Waals surface area contributed by atoms with Gasteiger partial charge in [0.15, 0.2) is 5.78 Å². The summed E-state index contributed by atoms with van der Waals surface area (Å²) < 4.78 is 13.2. The number of benzene rings is 1. The molecule has 1 atom stereocenters. The van der Waals surface area contributed by atoms with Crippen LogP contribution in [0.25, 0.3) is 0 Å². The third-order valence-electron chi connectivity index (χ3n) is 5.60. The molecule has 5 nitrogen and oxygen atoms in total. The van der Waals surface area contributed by atoms with Gasteiger partial charge in [0.1, 0.15) is 5.82 Å². The van der Waals surface area contributed by atoms with E-state index in [1.165, 1.54) is 24.3 Å². The normalized spacial score (nSPS) is 20.5. The Morgan fingerprint density at radius 1 is 1.20 bits per heavy atom. The van der Waals surface area contributed by atoms with Gasteiger partial charge < -0.3 is 10.6 Å². The number of dihydropyridines is 1. The van der Waals surface area contributed by atoms with E-state index in [1.807, 2.05) is 13.0 Å². The van der Waals surface area contributed by atoms with E-state index in [0.717, 1.165) is 17.7 Å². The van der Waals surface area contributed by atoms with Crippen molar-refractivity contribution in [3.05, 3.63) is 82.7 Å². The number of ketones is 1. The summed E-state index contributed by atoms with van der Waals surface area (Å²) in [5.41, 5.74) is 3.83. The number of Topliss-reactive ketones (excluding diaryl/α,β-unsaturated/α-hetero) is 1.